The first-order valence-electron chi connectivity index (χ1n) is 4.93. The first-order valence-corrected chi connectivity index (χ1v) is 8.33. The van der Waals surface area contributed by atoms with Gasteiger partial charge in [-0.25, -0.2) is 0 Å². The van der Waals surface area contributed by atoms with E-state index in [1.807, 2.05) is 0 Å². The summed E-state index contributed by atoms with van der Waals surface area (Å²) in [5.74, 6) is -0.165. The van der Waals surface area contributed by atoms with Crippen LogP contribution in [0.3, 0.4) is 0 Å². The van der Waals surface area contributed by atoms with Crippen molar-refractivity contribution in [2.75, 3.05) is 0 Å². The van der Waals surface area contributed by atoms with Crippen LogP contribution in [0.1, 0.15) is 0 Å². The fraction of sp³-hybridized carbons (Fsp3) is 0. The van der Waals surface area contributed by atoms with Gasteiger partial charge < -0.3 is 4.18 Å². The molecule has 0 aliphatic heterocycles. The number of nitro groups is 1. The molecule has 0 amide bonds. The zero-order valence-corrected chi connectivity index (χ0v) is 13.4. The largest absolute Gasteiger partial charge is 0.377 e. The quantitative estimate of drug-likeness (QED) is 0.444. The van der Waals surface area contributed by atoms with Crippen LogP contribution in [-0.4, -0.2) is 13.3 Å². The van der Waals surface area contributed by atoms with Gasteiger partial charge in [-0.2, -0.15) is 8.42 Å². The van der Waals surface area contributed by atoms with Crippen molar-refractivity contribution in [1.82, 2.24) is 0 Å². The Morgan fingerprint density at radius 1 is 1.30 bits per heavy atom. The maximum Gasteiger partial charge on any atom is 0.348 e. The van der Waals surface area contributed by atoms with E-state index in [1.165, 1.54) is 6.07 Å². The molecule has 0 unspecified atom stereocenters. The van der Waals surface area contributed by atoms with Crippen molar-refractivity contribution in [2.45, 2.75) is 4.21 Å². The van der Waals surface area contributed by atoms with E-state index >= 15 is 0 Å². The molecule has 0 atom stereocenters. The van der Waals surface area contributed by atoms with Crippen LogP contribution < -0.4 is 4.18 Å². The van der Waals surface area contributed by atoms with Gasteiger partial charge in [-0.05, 0) is 34.1 Å². The fourth-order valence-electron chi connectivity index (χ4n) is 1.26. The smallest absolute Gasteiger partial charge is 0.348 e. The molecule has 0 bridgehead atoms. The van der Waals surface area contributed by atoms with Gasteiger partial charge in [0.05, 0.1) is 13.7 Å². The monoisotopic (exact) mass is 397 g/mol. The molecule has 0 aliphatic carbocycles. The van der Waals surface area contributed by atoms with Crippen LogP contribution in [-0.2, 0) is 10.1 Å². The summed E-state index contributed by atoms with van der Waals surface area (Å²) >= 11 is 9.90. The third-order valence-electron chi connectivity index (χ3n) is 2.12. The van der Waals surface area contributed by atoms with Crippen LogP contribution in [0.5, 0.6) is 5.75 Å². The van der Waals surface area contributed by atoms with Crippen molar-refractivity contribution in [3.63, 3.8) is 0 Å². The molecule has 1 heterocycles. The van der Waals surface area contributed by atoms with E-state index < -0.39 is 15.0 Å². The van der Waals surface area contributed by atoms with Gasteiger partial charge in [0.25, 0.3) is 5.69 Å². The van der Waals surface area contributed by atoms with Gasteiger partial charge in [-0.15, -0.1) is 11.3 Å². The minimum atomic E-state index is -4.01. The summed E-state index contributed by atoms with van der Waals surface area (Å²) in [6.45, 7) is 0. The van der Waals surface area contributed by atoms with Gasteiger partial charge in [0.15, 0.2) is 9.96 Å². The van der Waals surface area contributed by atoms with Crippen LogP contribution in [0.25, 0.3) is 0 Å². The molecule has 0 saturated heterocycles. The van der Waals surface area contributed by atoms with Crippen LogP contribution >= 0.6 is 38.9 Å². The van der Waals surface area contributed by atoms with Crippen molar-refractivity contribution in [1.29, 1.82) is 0 Å². The summed E-state index contributed by atoms with van der Waals surface area (Å²) in [6, 6.07) is 6.22. The molecule has 1 aromatic carbocycles. The number of hydrogen-bond donors (Lipinski definition) is 0. The molecule has 0 radical (unpaired) electrons. The van der Waals surface area contributed by atoms with Crippen LogP contribution in [0.4, 0.5) is 5.69 Å². The highest BCUT2D eigenvalue weighted by molar-refractivity contribution is 9.11. The summed E-state index contributed by atoms with van der Waals surface area (Å²) in [5, 5.41) is 10.4. The molecular weight excluding hydrogens is 394 g/mol. The average Bonchev–Trinajstić information content (AvgIpc) is 2.79. The zero-order valence-electron chi connectivity index (χ0n) is 9.45. The zero-order chi connectivity index (χ0) is 14.9. The minimum absolute atomic E-state index is 0.00112. The Hall–Kier alpha value is -1.16. The lowest BCUT2D eigenvalue weighted by Gasteiger charge is -2.06. The average molecular weight is 399 g/mol. The minimum Gasteiger partial charge on any atom is -0.377 e. The second-order valence-corrected chi connectivity index (χ2v) is 8.11. The number of halogens is 2. The Labute approximate surface area is 131 Å². The van der Waals surface area contributed by atoms with Crippen LogP contribution in [0.15, 0.2) is 38.3 Å². The molecule has 0 saturated carbocycles. The highest BCUT2D eigenvalue weighted by Crippen LogP contribution is 2.33. The molecule has 0 N–H and O–H groups in total. The molecule has 6 nitrogen and oxygen atoms in total. The number of rotatable bonds is 4. The summed E-state index contributed by atoms with van der Waals surface area (Å²) < 4.78 is 29.4. The van der Waals surface area contributed by atoms with Gasteiger partial charge in [0.2, 0.25) is 0 Å². The summed E-state index contributed by atoms with van der Waals surface area (Å²) in [6.07, 6.45) is 0. The SMILES string of the molecule is O=[N+]([O-])c1ccc(OS(=O)(=O)c2ccc(Br)s2)c(Cl)c1. The van der Waals surface area contributed by atoms with Gasteiger partial charge in [0, 0.05) is 12.1 Å². The second kappa shape index (κ2) is 5.68. The predicted molar refractivity (Wildman–Crippen MR) is 77.9 cm³/mol. The summed E-state index contributed by atoms with van der Waals surface area (Å²) in [7, 11) is -4.01. The number of thiophene rings is 1. The molecule has 20 heavy (non-hydrogen) atoms. The number of non-ortho nitro benzene ring substituents is 1. The molecule has 2 rings (SSSR count). The van der Waals surface area contributed by atoms with E-state index in [0.29, 0.717) is 3.79 Å². The van der Waals surface area contributed by atoms with Gasteiger partial charge in [-0.3, -0.25) is 10.1 Å². The third-order valence-corrected chi connectivity index (χ3v) is 5.72. The molecular formula is C10H5BrClNO5S2. The van der Waals surface area contributed by atoms with Crippen molar-refractivity contribution in [3.05, 3.63) is 49.3 Å². The molecule has 0 aliphatic rings. The Bertz CT molecular complexity index is 774. The lowest BCUT2D eigenvalue weighted by molar-refractivity contribution is -0.384. The van der Waals surface area contributed by atoms with Crippen LogP contribution in [0, 0.1) is 10.1 Å². The standard InChI is InChI=1S/C10H5BrClNO5S2/c11-9-3-4-10(19-9)20(16,17)18-8-2-1-6(13(14)15)5-7(8)12/h1-5H. The lowest BCUT2D eigenvalue weighted by atomic mass is 10.3. The van der Waals surface area contributed by atoms with E-state index in [1.54, 1.807) is 6.07 Å². The predicted octanol–water partition coefficient (Wildman–Crippen LogP) is 3.84. The first-order chi connectivity index (χ1) is 9.29. The van der Waals surface area contributed by atoms with E-state index in [0.717, 1.165) is 29.5 Å². The second-order valence-electron chi connectivity index (χ2n) is 3.47. The normalized spacial score (nSPS) is 11.3. The fourth-order valence-corrected chi connectivity index (χ4v) is 4.44. The number of nitrogens with zero attached hydrogens (tertiary/aromatic N) is 1. The van der Waals surface area contributed by atoms with Gasteiger partial charge in [-0.1, -0.05) is 11.6 Å². The van der Waals surface area contributed by atoms with E-state index in [9.17, 15) is 18.5 Å². The Kier molecular flexibility index (Phi) is 4.33. The Morgan fingerprint density at radius 3 is 2.50 bits per heavy atom. The molecule has 0 fully saturated rings. The van der Waals surface area contributed by atoms with Gasteiger partial charge in [0.1, 0.15) is 0 Å². The maximum absolute atomic E-state index is 12.0. The topological polar surface area (TPSA) is 86.5 Å². The first kappa shape index (κ1) is 15.2. The summed E-state index contributed by atoms with van der Waals surface area (Å²) in [4.78, 5) is 9.92. The lowest BCUT2D eigenvalue weighted by Crippen LogP contribution is -2.08. The van der Waals surface area contributed by atoms with E-state index in [2.05, 4.69) is 15.9 Å². The number of hydrogen-bond acceptors (Lipinski definition) is 6. The van der Waals surface area contributed by atoms with Crippen molar-refractivity contribution < 1.29 is 17.5 Å². The molecule has 2 aromatic rings. The molecule has 10 heteroatoms. The maximum atomic E-state index is 12.0. The summed E-state index contributed by atoms with van der Waals surface area (Å²) in [5.41, 5.74) is -0.251. The van der Waals surface area contributed by atoms with Crippen molar-refractivity contribution >= 4 is 54.7 Å². The third kappa shape index (κ3) is 3.29. The van der Waals surface area contributed by atoms with Gasteiger partial charge >= 0.3 is 10.1 Å². The molecule has 0 spiro atoms. The van der Waals surface area contributed by atoms with Crippen molar-refractivity contribution in [2.24, 2.45) is 0 Å². The molecule has 106 valence electrons. The Balaban J connectivity index is 2.32. The number of benzene rings is 1. The Morgan fingerprint density at radius 2 is 2.00 bits per heavy atom. The number of nitro benzene ring substituents is 1. The highest BCUT2D eigenvalue weighted by atomic mass is 79.9. The van der Waals surface area contributed by atoms with E-state index in [-0.39, 0.29) is 20.7 Å². The molecule has 1 aromatic heterocycles. The van der Waals surface area contributed by atoms with E-state index in [4.69, 9.17) is 15.8 Å². The van der Waals surface area contributed by atoms with Crippen LogP contribution in [0.2, 0.25) is 5.02 Å². The highest BCUT2D eigenvalue weighted by Gasteiger charge is 2.21. The van der Waals surface area contributed by atoms with Crippen molar-refractivity contribution in [3.8, 4) is 5.75 Å².